The molecule has 0 bridgehead atoms. The van der Waals surface area contributed by atoms with Gasteiger partial charge in [0.05, 0.1) is 0 Å². The molecular formula is C9H8N4O3. The maximum absolute atomic E-state index is 10.5. The van der Waals surface area contributed by atoms with Crippen LogP contribution in [0.25, 0.3) is 11.5 Å². The van der Waals surface area contributed by atoms with Gasteiger partial charge in [-0.15, -0.1) is 5.10 Å². The van der Waals surface area contributed by atoms with Crippen LogP contribution in [0.1, 0.15) is 0 Å². The van der Waals surface area contributed by atoms with E-state index in [4.69, 9.17) is 10.2 Å². The third kappa shape index (κ3) is 2.08. The standard InChI is InChI=1S/C9H8N4O3/c10-8(15)11-9-13-12-7(16-9)5-2-1-3-6(14)4-5/h1-4,14H,(H3,10,11,13,15). The molecule has 0 radical (unpaired) electrons. The Morgan fingerprint density at radius 1 is 1.44 bits per heavy atom. The summed E-state index contributed by atoms with van der Waals surface area (Å²) < 4.78 is 5.09. The van der Waals surface area contributed by atoms with E-state index in [1.807, 2.05) is 0 Å². The van der Waals surface area contributed by atoms with Crippen LogP contribution in [0.15, 0.2) is 28.7 Å². The Labute approximate surface area is 89.9 Å². The van der Waals surface area contributed by atoms with E-state index in [1.165, 1.54) is 12.1 Å². The number of hydrogen-bond acceptors (Lipinski definition) is 5. The lowest BCUT2D eigenvalue weighted by atomic mass is 10.2. The number of phenolic OH excluding ortho intramolecular Hbond substituents is 1. The van der Waals surface area contributed by atoms with Gasteiger partial charge in [0.25, 0.3) is 0 Å². The molecule has 82 valence electrons. The molecule has 2 amide bonds. The summed E-state index contributed by atoms with van der Waals surface area (Å²) in [5, 5.41) is 18.6. The highest BCUT2D eigenvalue weighted by Gasteiger charge is 2.09. The van der Waals surface area contributed by atoms with Crippen molar-refractivity contribution >= 4 is 12.0 Å². The average Bonchev–Trinajstić information content (AvgIpc) is 2.65. The maximum atomic E-state index is 10.5. The quantitative estimate of drug-likeness (QED) is 0.696. The van der Waals surface area contributed by atoms with Gasteiger partial charge in [-0.1, -0.05) is 11.2 Å². The number of primary amides is 1. The van der Waals surface area contributed by atoms with Crippen molar-refractivity contribution < 1.29 is 14.3 Å². The number of nitrogens with one attached hydrogen (secondary N) is 1. The number of hydrogen-bond donors (Lipinski definition) is 3. The topological polar surface area (TPSA) is 114 Å². The number of rotatable bonds is 2. The van der Waals surface area contributed by atoms with Crippen LogP contribution in [-0.2, 0) is 0 Å². The maximum Gasteiger partial charge on any atom is 0.324 e. The lowest BCUT2D eigenvalue weighted by Gasteiger charge is -1.95. The third-order valence-corrected chi connectivity index (χ3v) is 1.75. The molecule has 2 aromatic rings. The summed E-state index contributed by atoms with van der Waals surface area (Å²) >= 11 is 0. The number of anilines is 1. The normalized spacial score (nSPS) is 10.0. The van der Waals surface area contributed by atoms with Gasteiger partial charge in [-0.05, 0) is 18.2 Å². The SMILES string of the molecule is NC(=O)Nc1nnc(-c2cccc(O)c2)o1. The van der Waals surface area contributed by atoms with E-state index in [9.17, 15) is 9.90 Å². The molecule has 0 spiro atoms. The molecule has 16 heavy (non-hydrogen) atoms. The Morgan fingerprint density at radius 3 is 2.94 bits per heavy atom. The summed E-state index contributed by atoms with van der Waals surface area (Å²) in [5.74, 6) is 0.264. The third-order valence-electron chi connectivity index (χ3n) is 1.75. The molecule has 7 nitrogen and oxygen atoms in total. The Hall–Kier alpha value is -2.57. The van der Waals surface area contributed by atoms with Crippen molar-refractivity contribution in [2.24, 2.45) is 5.73 Å². The molecule has 1 aromatic heterocycles. The van der Waals surface area contributed by atoms with E-state index in [1.54, 1.807) is 12.1 Å². The van der Waals surface area contributed by atoms with Gasteiger partial charge < -0.3 is 15.3 Å². The molecule has 0 aliphatic heterocycles. The van der Waals surface area contributed by atoms with E-state index < -0.39 is 6.03 Å². The van der Waals surface area contributed by atoms with Crippen molar-refractivity contribution in [3.8, 4) is 17.2 Å². The van der Waals surface area contributed by atoms with E-state index in [-0.39, 0.29) is 17.7 Å². The summed E-state index contributed by atoms with van der Waals surface area (Å²) in [5.41, 5.74) is 5.43. The molecular weight excluding hydrogens is 212 g/mol. The number of nitrogens with two attached hydrogens (primary N) is 1. The molecule has 1 heterocycles. The van der Waals surface area contributed by atoms with Crippen LogP contribution in [0.3, 0.4) is 0 Å². The highest BCUT2D eigenvalue weighted by molar-refractivity contribution is 5.85. The molecule has 1 aromatic carbocycles. The first-order valence-corrected chi connectivity index (χ1v) is 4.34. The molecule has 4 N–H and O–H groups in total. The summed E-state index contributed by atoms with van der Waals surface area (Å²) in [6, 6.07) is 5.42. The first-order valence-electron chi connectivity index (χ1n) is 4.34. The minimum atomic E-state index is -0.786. The van der Waals surface area contributed by atoms with Crippen LogP contribution >= 0.6 is 0 Å². The zero-order valence-corrected chi connectivity index (χ0v) is 8.04. The molecule has 2 rings (SSSR count). The van der Waals surface area contributed by atoms with Crippen LogP contribution in [0.5, 0.6) is 5.75 Å². The van der Waals surface area contributed by atoms with Crippen molar-refractivity contribution in [2.45, 2.75) is 0 Å². The minimum absolute atomic E-state index is 0.0834. The van der Waals surface area contributed by atoms with E-state index in [0.717, 1.165) is 0 Å². The fourth-order valence-electron chi connectivity index (χ4n) is 1.13. The van der Waals surface area contributed by atoms with Gasteiger partial charge in [-0.3, -0.25) is 5.32 Å². The minimum Gasteiger partial charge on any atom is -0.508 e. The first kappa shape index (κ1) is 9.97. The molecule has 0 aliphatic carbocycles. The second-order valence-corrected chi connectivity index (χ2v) is 2.95. The second-order valence-electron chi connectivity index (χ2n) is 2.95. The number of aromatic nitrogens is 2. The molecule has 0 fully saturated rings. The van der Waals surface area contributed by atoms with Crippen molar-refractivity contribution in [3.63, 3.8) is 0 Å². The fourth-order valence-corrected chi connectivity index (χ4v) is 1.13. The highest BCUT2D eigenvalue weighted by atomic mass is 16.4. The van der Waals surface area contributed by atoms with Gasteiger partial charge in [-0.25, -0.2) is 4.79 Å². The van der Waals surface area contributed by atoms with E-state index >= 15 is 0 Å². The first-order chi connectivity index (χ1) is 7.65. The van der Waals surface area contributed by atoms with Crippen molar-refractivity contribution in [1.82, 2.24) is 10.2 Å². The average molecular weight is 220 g/mol. The number of urea groups is 1. The lowest BCUT2D eigenvalue weighted by molar-refractivity contribution is 0.258. The highest BCUT2D eigenvalue weighted by Crippen LogP contribution is 2.22. The Bertz CT molecular complexity index is 523. The number of nitrogens with zero attached hydrogens (tertiary/aromatic N) is 2. The number of benzene rings is 1. The summed E-state index contributed by atoms with van der Waals surface area (Å²) in [6.45, 7) is 0. The van der Waals surface area contributed by atoms with Crippen LogP contribution in [0.2, 0.25) is 0 Å². The largest absolute Gasteiger partial charge is 0.508 e. The monoisotopic (exact) mass is 220 g/mol. The molecule has 0 aliphatic rings. The summed E-state index contributed by atoms with van der Waals surface area (Å²) in [7, 11) is 0. The van der Waals surface area contributed by atoms with Gasteiger partial charge in [0, 0.05) is 5.56 Å². The molecule has 7 heteroatoms. The Morgan fingerprint density at radius 2 is 2.25 bits per heavy atom. The van der Waals surface area contributed by atoms with Crippen molar-refractivity contribution in [2.75, 3.05) is 5.32 Å². The predicted molar refractivity (Wildman–Crippen MR) is 54.6 cm³/mol. The van der Waals surface area contributed by atoms with Crippen molar-refractivity contribution in [1.29, 1.82) is 0 Å². The number of carbonyl (C=O) groups is 1. The zero-order chi connectivity index (χ0) is 11.5. The van der Waals surface area contributed by atoms with Crippen molar-refractivity contribution in [3.05, 3.63) is 24.3 Å². The van der Waals surface area contributed by atoms with Crippen LogP contribution in [0.4, 0.5) is 10.8 Å². The lowest BCUT2D eigenvalue weighted by Crippen LogP contribution is -2.19. The summed E-state index contributed by atoms with van der Waals surface area (Å²) in [6.07, 6.45) is 0. The van der Waals surface area contributed by atoms with Gasteiger partial charge in [0.2, 0.25) is 5.89 Å². The molecule has 0 atom stereocenters. The van der Waals surface area contributed by atoms with Crippen LogP contribution < -0.4 is 11.1 Å². The summed E-state index contributed by atoms with van der Waals surface area (Å²) in [4.78, 5) is 10.5. The number of amides is 2. The van der Waals surface area contributed by atoms with Gasteiger partial charge >= 0.3 is 12.0 Å². The van der Waals surface area contributed by atoms with E-state index in [0.29, 0.717) is 5.56 Å². The number of phenols is 1. The number of carbonyl (C=O) groups excluding carboxylic acids is 1. The van der Waals surface area contributed by atoms with Gasteiger partial charge in [0.15, 0.2) is 0 Å². The second kappa shape index (κ2) is 3.89. The predicted octanol–water partition coefficient (Wildman–Crippen LogP) is 0.933. The van der Waals surface area contributed by atoms with Gasteiger partial charge in [0.1, 0.15) is 5.75 Å². The molecule has 0 unspecified atom stereocenters. The van der Waals surface area contributed by atoms with Crippen LogP contribution in [-0.4, -0.2) is 21.3 Å². The Kier molecular flexibility index (Phi) is 2.42. The fraction of sp³-hybridized carbons (Fsp3) is 0. The molecule has 0 saturated heterocycles. The number of aromatic hydroxyl groups is 1. The van der Waals surface area contributed by atoms with E-state index in [2.05, 4.69) is 15.5 Å². The smallest absolute Gasteiger partial charge is 0.324 e. The van der Waals surface area contributed by atoms with Crippen LogP contribution in [0, 0.1) is 0 Å². The zero-order valence-electron chi connectivity index (χ0n) is 8.04. The molecule has 0 saturated carbocycles. The van der Waals surface area contributed by atoms with Gasteiger partial charge in [-0.2, -0.15) is 0 Å². The Balaban J connectivity index is 2.28.